The first-order valence-electron chi connectivity index (χ1n) is 17.9. The lowest BCUT2D eigenvalue weighted by Crippen LogP contribution is -2.36. The summed E-state index contributed by atoms with van der Waals surface area (Å²) in [5, 5.41) is 22.5. The molecule has 0 saturated heterocycles. The third-order valence-electron chi connectivity index (χ3n) is 10.1. The summed E-state index contributed by atoms with van der Waals surface area (Å²) in [5.74, 6) is -1.12. The van der Waals surface area contributed by atoms with Gasteiger partial charge in [-0.3, -0.25) is 18.9 Å². The van der Waals surface area contributed by atoms with Crippen molar-refractivity contribution < 1.29 is 35.9 Å². The lowest BCUT2D eigenvalue weighted by molar-refractivity contribution is -0.123. The van der Waals surface area contributed by atoms with Gasteiger partial charge >= 0.3 is 0 Å². The molecule has 0 unspecified atom stereocenters. The Morgan fingerprint density at radius 3 is 2.40 bits per heavy atom. The molecule has 300 valence electrons. The fourth-order valence-corrected chi connectivity index (χ4v) is 8.45. The van der Waals surface area contributed by atoms with Crippen molar-refractivity contribution in [2.24, 2.45) is 13.0 Å². The zero-order chi connectivity index (χ0) is 41.4. The quantitative estimate of drug-likeness (QED) is 0.115. The van der Waals surface area contributed by atoms with Gasteiger partial charge in [0.05, 0.1) is 33.9 Å². The van der Waals surface area contributed by atoms with E-state index >= 15 is 8.78 Å². The van der Waals surface area contributed by atoms with Crippen LogP contribution >= 0.6 is 11.6 Å². The van der Waals surface area contributed by atoms with Crippen molar-refractivity contribution in [3.63, 3.8) is 0 Å². The predicted octanol–water partition coefficient (Wildman–Crippen LogP) is 6.02. The molecule has 2 aromatic carbocycles. The zero-order valence-corrected chi connectivity index (χ0v) is 33.3. The van der Waals surface area contributed by atoms with E-state index < -0.39 is 57.6 Å². The van der Waals surface area contributed by atoms with Crippen LogP contribution in [0.3, 0.4) is 0 Å². The number of halogens is 5. The fraction of sp³-hybridized carbons (Fsp3) is 0.385. The first kappa shape index (κ1) is 40.0. The second kappa shape index (κ2) is 14.3. The number of aryl methyl sites for hydroxylation is 1. The van der Waals surface area contributed by atoms with E-state index in [1.165, 1.54) is 24.6 Å². The molecule has 18 heteroatoms. The lowest BCUT2D eigenvalue weighted by Gasteiger charge is -2.34. The number of rotatable bonds is 10. The van der Waals surface area contributed by atoms with E-state index in [0.717, 1.165) is 23.1 Å². The number of fused-ring (bicyclic) bond motifs is 4. The number of aliphatic hydroxyl groups is 1. The number of nitrogens with zero attached hydrogens (tertiary/aromatic N) is 6. The highest BCUT2D eigenvalue weighted by molar-refractivity contribution is 7.92. The van der Waals surface area contributed by atoms with Crippen LogP contribution < -0.4 is 14.9 Å². The molecule has 3 aromatic heterocycles. The van der Waals surface area contributed by atoms with E-state index in [2.05, 4.69) is 32.1 Å². The molecule has 5 aromatic rings. The van der Waals surface area contributed by atoms with E-state index in [9.17, 15) is 27.1 Å². The molecular weight excluding hydrogens is 788 g/mol. The summed E-state index contributed by atoms with van der Waals surface area (Å²) in [4.78, 5) is 20.6. The zero-order valence-electron chi connectivity index (χ0n) is 31.8. The number of benzene rings is 2. The number of amides is 1. The van der Waals surface area contributed by atoms with Gasteiger partial charge in [-0.05, 0) is 80.8 Å². The van der Waals surface area contributed by atoms with Gasteiger partial charge in [0.1, 0.15) is 35.2 Å². The first-order valence-corrected chi connectivity index (χ1v) is 20.2. The number of hydrogen-bond acceptors (Lipinski definition) is 8. The molecule has 3 atom stereocenters. The Morgan fingerprint density at radius 2 is 1.79 bits per heavy atom. The van der Waals surface area contributed by atoms with Gasteiger partial charge in [-0.25, -0.2) is 22.2 Å². The molecule has 12 nitrogen and oxygen atoms in total. The molecule has 1 fully saturated rings. The molecule has 0 radical (unpaired) electrons. The second-order valence-electron chi connectivity index (χ2n) is 15.3. The highest BCUT2D eigenvalue weighted by atomic mass is 35.5. The van der Waals surface area contributed by atoms with Gasteiger partial charge < -0.3 is 15.3 Å². The van der Waals surface area contributed by atoms with Crippen molar-refractivity contribution in [1.29, 1.82) is 0 Å². The van der Waals surface area contributed by atoms with E-state index in [0.29, 0.717) is 46.9 Å². The maximum atomic E-state index is 15.9. The Labute approximate surface area is 331 Å². The Kier molecular flexibility index (Phi) is 10.1. The number of hydrogen-bond donors (Lipinski definition) is 3. The predicted molar refractivity (Wildman–Crippen MR) is 207 cm³/mol. The molecule has 2 aliphatic rings. The molecule has 1 saturated carbocycles. The average molecular weight is 827 g/mol. The Hall–Kier alpha value is -5.18. The summed E-state index contributed by atoms with van der Waals surface area (Å²) in [7, 11) is 1.18. The van der Waals surface area contributed by atoms with E-state index in [4.69, 9.17) is 16.6 Å². The van der Waals surface area contributed by atoms with Gasteiger partial charge in [0.15, 0.2) is 11.6 Å². The number of alkyl halides is 2. The third kappa shape index (κ3) is 7.77. The number of carbonyl (C=O) groups excluding carboxylic acids is 1. The second-order valence-corrected chi connectivity index (χ2v) is 17.4. The van der Waals surface area contributed by atoms with Crippen LogP contribution in [0.4, 0.5) is 29.2 Å². The van der Waals surface area contributed by atoms with Gasteiger partial charge in [-0.15, -0.1) is 0 Å². The summed E-state index contributed by atoms with van der Waals surface area (Å²) in [6.07, 6.45) is 1.67. The third-order valence-corrected chi connectivity index (χ3v) is 11.0. The number of pyridine rings is 1. The maximum Gasteiger partial charge on any atom is 0.293 e. The molecule has 0 spiro atoms. The highest BCUT2D eigenvalue weighted by Gasteiger charge is 2.62. The molecule has 3 N–H and O–H groups in total. The molecule has 7 rings (SSSR count). The number of anilines is 2. The van der Waals surface area contributed by atoms with Crippen molar-refractivity contribution in [2.75, 3.05) is 30.0 Å². The van der Waals surface area contributed by atoms with Crippen LogP contribution in [-0.2, 0) is 40.8 Å². The highest BCUT2D eigenvalue weighted by Crippen LogP contribution is 2.64. The smallest absolute Gasteiger partial charge is 0.293 e. The molecular formula is C39H39ClF4N8O4S. The Bertz CT molecular complexity index is 2610. The standard InChI is InChI=1S/C39H39ClF4N8O4S/c1-38(2,54)14-13-23-7-8-24(25-10-12-28(40)32-34(25)51(5)47-36(32)49-57(6,55)56)33(45-23)29(17-20-15-21(41)18-22(42)16-20)46-30(53)19-52-35-31(37(48-52)50(3)4)26-9-11-27(26)39(35,43)44/h7-8,10,12,15-16,18,26-27,29,54H,9,11,17,19H2,1-6H3,(H,46,53)(H,47,49)/t26-,27+,29-/m0/s1. The van der Waals surface area contributed by atoms with Gasteiger partial charge in [-0.2, -0.15) is 19.0 Å². The van der Waals surface area contributed by atoms with Crippen LogP contribution in [0.15, 0.2) is 42.5 Å². The number of nitrogens with one attached hydrogen (secondary N) is 2. The largest absolute Gasteiger partial charge is 0.378 e. The van der Waals surface area contributed by atoms with Crippen molar-refractivity contribution in [3.05, 3.63) is 87.3 Å². The van der Waals surface area contributed by atoms with E-state index in [-0.39, 0.29) is 51.2 Å². The average Bonchev–Trinajstić information content (AvgIpc) is 3.63. The van der Waals surface area contributed by atoms with E-state index in [1.807, 2.05) is 0 Å². The van der Waals surface area contributed by atoms with Crippen molar-refractivity contribution in [1.82, 2.24) is 29.9 Å². The minimum atomic E-state index is -3.79. The monoisotopic (exact) mass is 826 g/mol. The van der Waals surface area contributed by atoms with Gasteiger partial charge in [-0.1, -0.05) is 23.6 Å². The lowest BCUT2D eigenvalue weighted by atomic mass is 9.73. The minimum absolute atomic E-state index is 0.0433. The molecule has 2 aliphatic carbocycles. The van der Waals surface area contributed by atoms with E-state index in [1.54, 1.807) is 44.2 Å². The van der Waals surface area contributed by atoms with Crippen molar-refractivity contribution >= 4 is 50.1 Å². The topological polar surface area (TPSA) is 147 Å². The van der Waals surface area contributed by atoms with Crippen molar-refractivity contribution in [3.8, 4) is 23.0 Å². The number of sulfonamides is 1. The molecule has 1 amide bonds. The molecule has 0 aliphatic heterocycles. The normalized spacial score (nSPS) is 17.6. The van der Waals surface area contributed by atoms with Crippen LogP contribution in [-0.4, -0.2) is 69.9 Å². The molecule has 3 heterocycles. The van der Waals surface area contributed by atoms with Crippen molar-refractivity contribution in [2.45, 2.75) is 63.1 Å². The van der Waals surface area contributed by atoms with Crippen LogP contribution in [0.2, 0.25) is 5.02 Å². The Balaban J connectivity index is 1.39. The van der Waals surface area contributed by atoms with Gasteiger partial charge in [0.2, 0.25) is 15.9 Å². The number of carbonyl (C=O) groups is 1. The Morgan fingerprint density at radius 1 is 1.11 bits per heavy atom. The molecule has 0 bridgehead atoms. The SMILES string of the molecule is CN(C)c1nn(CC(=O)N[C@@H](Cc2cc(F)cc(F)c2)c2nc(C#CC(C)(C)O)ccc2-c2ccc(Cl)c3c(NS(C)(=O)=O)nn(C)c23)c2c1[C@H]1CC[C@H]1C2(F)F. The summed E-state index contributed by atoms with van der Waals surface area (Å²) in [6, 6.07) is 8.11. The number of aromatic nitrogens is 5. The summed E-state index contributed by atoms with van der Waals surface area (Å²) in [5.41, 5.74) is 0.299. The fourth-order valence-electron chi connectivity index (χ4n) is 7.71. The summed E-state index contributed by atoms with van der Waals surface area (Å²) in [6.45, 7) is 2.35. The minimum Gasteiger partial charge on any atom is -0.378 e. The van der Waals surface area contributed by atoms with Gasteiger partial charge in [0, 0.05) is 49.8 Å². The summed E-state index contributed by atoms with van der Waals surface area (Å²) >= 11 is 6.62. The van der Waals surface area contributed by atoms with Crippen LogP contribution in [0.25, 0.3) is 22.0 Å². The summed E-state index contributed by atoms with van der Waals surface area (Å²) < 4.78 is 90.3. The molecule has 57 heavy (non-hydrogen) atoms. The maximum absolute atomic E-state index is 15.9. The van der Waals surface area contributed by atoms with Crippen LogP contribution in [0, 0.1) is 29.4 Å². The van der Waals surface area contributed by atoms with Gasteiger partial charge in [0.25, 0.3) is 5.92 Å². The van der Waals surface area contributed by atoms with Crippen LogP contribution in [0.5, 0.6) is 0 Å². The first-order chi connectivity index (χ1) is 26.6. The van der Waals surface area contributed by atoms with Crippen LogP contribution in [0.1, 0.15) is 66.9 Å².